The Hall–Kier alpha value is -2.44. The monoisotopic (exact) mass is 369 g/mol. The van der Waals surface area contributed by atoms with E-state index in [2.05, 4.69) is 49.3 Å². The second-order valence-corrected chi connectivity index (χ2v) is 8.02. The molecule has 144 valence electrons. The smallest absolute Gasteiger partial charge is 0.407 e. The minimum absolute atomic E-state index is 0.0131. The second-order valence-electron chi connectivity index (χ2n) is 8.02. The number of nitrogens with one attached hydrogen (secondary N) is 2. The van der Waals surface area contributed by atoms with Gasteiger partial charge in [0.2, 0.25) is 5.91 Å². The van der Waals surface area contributed by atoms with E-state index >= 15 is 0 Å². The first-order valence-corrected chi connectivity index (χ1v) is 9.54. The van der Waals surface area contributed by atoms with Gasteiger partial charge < -0.3 is 19.9 Å². The average molecular weight is 369 g/mol. The van der Waals surface area contributed by atoms with Crippen LogP contribution >= 0.6 is 0 Å². The van der Waals surface area contributed by atoms with Crippen molar-refractivity contribution in [2.45, 2.75) is 39.3 Å². The van der Waals surface area contributed by atoms with Crippen molar-refractivity contribution in [1.82, 2.24) is 15.2 Å². The van der Waals surface area contributed by atoms with Gasteiger partial charge in [-0.15, -0.1) is 0 Å². The number of fused-ring (bicyclic) bond motifs is 1. The highest BCUT2D eigenvalue weighted by Crippen LogP contribution is 2.36. The largest absolute Gasteiger partial charge is 0.453 e. The van der Waals surface area contributed by atoms with Gasteiger partial charge in [-0.2, -0.15) is 0 Å². The third kappa shape index (κ3) is 3.97. The molecular weight excluding hydrogens is 341 g/mol. The third-order valence-electron chi connectivity index (χ3n) is 5.34. The Morgan fingerprint density at radius 1 is 1.33 bits per heavy atom. The molecule has 1 fully saturated rings. The van der Waals surface area contributed by atoms with Gasteiger partial charge in [-0.05, 0) is 35.8 Å². The van der Waals surface area contributed by atoms with E-state index in [1.165, 1.54) is 12.6 Å². The van der Waals surface area contributed by atoms with Crippen LogP contribution in [0.1, 0.15) is 38.9 Å². The van der Waals surface area contributed by atoms with Gasteiger partial charge in [0.15, 0.2) is 0 Å². The maximum Gasteiger partial charge on any atom is 0.407 e. The van der Waals surface area contributed by atoms with Crippen LogP contribution in [0.5, 0.6) is 0 Å². The number of aromatic amines is 1. The molecule has 1 aliphatic rings. The lowest BCUT2D eigenvalue weighted by Gasteiger charge is -2.30. The van der Waals surface area contributed by atoms with Crippen LogP contribution in [-0.2, 0) is 9.53 Å². The molecule has 2 N–H and O–H groups in total. The fraction of sp³-hybridized carbons (Fsp3) is 0.500. The summed E-state index contributed by atoms with van der Waals surface area (Å²) in [5.41, 5.74) is 3.34. The van der Waals surface area contributed by atoms with Crippen LogP contribution in [0, 0.1) is 11.8 Å². The van der Waals surface area contributed by atoms with Gasteiger partial charge in [0.25, 0.3) is 0 Å². The quantitative estimate of drug-likeness (QED) is 0.806. The Bertz CT molecular complexity index is 848. The number of alkyl carbamates (subject to hydrolysis) is 1. The number of benzene rings is 1. The molecule has 7 heteroatoms. The molecule has 0 bridgehead atoms. The molecule has 1 aliphatic heterocycles. The lowest BCUT2D eigenvalue weighted by molar-refractivity contribution is -0.135. The molecule has 0 unspecified atom stereocenters. The molecule has 1 saturated heterocycles. The zero-order chi connectivity index (χ0) is 19.7. The van der Waals surface area contributed by atoms with Crippen LogP contribution < -0.4 is 10.8 Å². The number of aromatic nitrogens is 1. The first kappa shape index (κ1) is 19.3. The minimum Gasteiger partial charge on any atom is -0.453 e. The molecule has 2 heterocycles. The molecule has 3 rings (SSSR count). The first-order valence-electron chi connectivity index (χ1n) is 9.54. The van der Waals surface area contributed by atoms with Crippen molar-refractivity contribution >= 4 is 36.2 Å². The zero-order valence-electron chi connectivity index (χ0n) is 16.7. The Morgan fingerprint density at radius 3 is 2.74 bits per heavy atom. The number of hydrogen-bond donors (Lipinski definition) is 2. The van der Waals surface area contributed by atoms with E-state index in [9.17, 15) is 9.59 Å². The SMILES string of the molecule is Bc1ccc2cc([C@@H]3C[C@H](C)CN3C(=O)[C@@H](NC(=O)OC)C(C)C)[nH]c2c1. The summed E-state index contributed by atoms with van der Waals surface area (Å²) in [6, 6.07) is 7.84. The fourth-order valence-corrected chi connectivity index (χ4v) is 3.91. The van der Waals surface area contributed by atoms with Crippen molar-refractivity contribution in [2.24, 2.45) is 11.8 Å². The molecule has 0 spiro atoms. The highest BCUT2D eigenvalue weighted by molar-refractivity contribution is 6.33. The van der Waals surface area contributed by atoms with Gasteiger partial charge in [-0.25, -0.2) is 4.79 Å². The van der Waals surface area contributed by atoms with Gasteiger partial charge >= 0.3 is 6.09 Å². The predicted molar refractivity (Wildman–Crippen MR) is 109 cm³/mol. The second kappa shape index (κ2) is 7.67. The van der Waals surface area contributed by atoms with E-state index in [1.807, 2.05) is 18.7 Å². The summed E-state index contributed by atoms with van der Waals surface area (Å²) in [6.07, 6.45) is 0.326. The van der Waals surface area contributed by atoms with E-state index in [0.29, 0.717) is 12.5 Å². The lowest BCUT2D eigenvalue weighted by atomic mass is 9.95. The molecule has 27 heavy (non-hydrogen) atoms. The maximum absolute atomic E-state index is 13.3. The summed E-state index contributed by atoms with van der Waals surface area (Å²) in [6.45, 7) is 6.70. The molecule has 1 aromatic carbocycles. The highest BCUT2D eigenvalue weighted by atomic mass is 16.5. The van der Waals surface area contributed by atoms with Gasteiger partial charge in [-0.1, -0.05) is 38.4 Å². The molecular formula is C20H28BN3O3. The van der Waals surface area contributed by atoms with Crippen molar-refractivity contribution in [3.05, 3.63) is 30.0 Å². The zero-order valence-corrected chi connectivity index (χ0v) is 16.7. The molecule has 3 atom stereocenters. The highest BCUT2D eigenvalue weighted by Gasteiger charge is 2.39. The van der Waals surface area contributed by atoms with Crippen molar-refractivity contribution in [2.75, 3.05) is 13.7 Å². The Labute approximate surface area is 161 Å². The Balaban J connectivity index is 1.89. The number of amides is 2. The van der Waals surface area contributed by atoms with E-state index in [1.54, 1.807) is 0 Å². The van der Waals surface area contributed by atoms with Gasteiger partial charge in [0.05, 0.1) is 13.2 Å². The number of hydrogen-bond acceptors (Lipinski definition) is 3. The molecule has 6 nitrogen and oxygen atoms in total. The normalized spacial score (nSPS) is 20.9. The van der Waals surface area contributed by atoms with Crippen LogP contribution in [0.15, 0.2) is 24.3 Å². The molecule has 2 aromatic rings. The first-order chi connectivity index (χ1) is 12.8. The van der Waals surface area contributed by atoms with Gasteiger partial charge in [-0.3, -0.25) is 4.79 Å². The fourth-order valence-electron chi connectivity index (χ4n) is 3.91. The van der Waals surface area contributed by atoms with E-state index < -0.39 is 12.1 Å². The third-order valence-corrected chi connectivity index (χ3v) is 5.34. The summed E-state index contributed by atoms with van der Waals surface area (Å²) in [5.74, 6) is 0.316. The van der Waals surface area contributed by atoms with Crippen molar-refractivity contribution < 1.29 is 14.3 Å². The topological polar surface area (TPSA) is 74.4 Å². The van der Waals surface area contributed by atoms with Crippen LogP contribution in [0.4, 0.5) is 4.79 Å². The number of carbonyl (C=O) groups excluding carboxylic acids is 2. The molecule has 0 aliphatic carbocycles. The van der Waals surface area contributed by atoms with Crippen LogP contribution in [0.3, 0.4) is 0 Å². The molecule has 0 saturated carbocycles. The molecule has 2 amide bonds. The number of ether oxygens (including phenoxy) is 1. The van der Waals surface area contributed by atoms with Gasteiger partial charge in [0, 0.05) is 17.8 Å². The summed E-state index contributed by atoms with van der Waals surface area (Å²) < 4.78 is 4.70. The number of H-pyrrole nitrogens is 1. The van der Waals surface area contributed by atoms with Crippen molar-refractivity contribution in [3.63, 3.8) is 0 Å². The van der Waals surface area contributed by atoms with Crippen molar-refractivity contribution in [1.29, 1.82) is 0 Å². The number of carbonyl (C=O) groups is 2. The predicted octanol–water partition coefficient (Wildman–Crippen LogP) is 1.72. The van der Waals surface area contributed by atoms with Crippen LogP contribution in [0.2, 0.25) is 0 Å². The Kier molecular flexibility index (Phi) is 5.49. The summed E-state index contributed by atoms with van der Waals surface area (Å²) >= 11 is 0. The number of methoxy groups -OCH3 is 1. The molecule has 0 radical (unpaired) electrons. The van der Waals surface area contributed by atoms with E-state index in [0.717, 1.165) is 23.0 Å². The number of likely N-dealkylation sites (tertiary alicyclic amines) is 1. The van der Waals surface area contributed by atoms with E-state index in [4.69, 9.17) is 4.74 Å². The van der Waals surface area contributed by atoms with Crippen LogP contribution in [-0.4, -0.2) is 49.4 Å². The number of rotatable bonds is 4. The molecule has 1 aromatic heterocycles. The van der Waals surface area contributed by atoms with Crippen LogP contribution in [0.25, 0.3) is 10.9 Å². The maximum atomic E-state index is 13.3. The standard InChI is InChI=1S/C20H28BN3O3/c1-11(2)18(23-20(26)27-4)19(25)24-10-12(3)7-17(24)16-8-13-5-6-14(21)9-15(13)22-16/h5-6,8-9,11-12,17-18,22H,7,10,21H2,1-4H3,(H,23,26)/t12-,17-,18-/m0/s1. The van der Waals surface area contributed by atoms with Gasteiger partial charge in [0.1, 0.15) is 13.9 Å². The van der Waals surface area contributed by atoms with E-state index in [-0.39, 0.29) is 17.9 Å². The summed E-state index contributed by atoms with van der Waals surface area (Å²) in [7, 11) is 3.38. The number of nitrogens with zero attached hydrogens (tertiary/aromatic N) is 1. The lowest BCUT2D eigenvalue weighted by Crippen LogP contribution is -2.51. The minimum atomic E-state index is -0.600. The Morgan fingerprint density at radius 2 is 2.07 bits per heavy atom. The average Bonchev–Trinajstić information content (AvgIpc) is 3.21. The summed E-state index contributed by atoms with van der Waals surface area (Å²) in [4.78, 5) is 30.4. The summed E-state index contributed by atoms with van der Waals surface area (Å²) in [5, 5.41) is 3.85. The van der Waals surface area contributed by atoms with Crippen molar-refractivity contribution in [3.8, 4) is 0 Å².